The first kappa shape index (κ1) is 26.7. The molecular weight excluding hydrogens is 490 g/mol. The van der Waals surface area contributed by atoms with Gasteiger partial charge in [-0.3, -0.25) is 4.90 Å². The molecule has 0 aliphatic carbocycles. The van der Waals surface area contributed by atoms with Gasteiger partial charge in [-0.05, 0) is 53.9 Å². The van der Waals surface area contributed by atoms with E-state index in [1.54, 1.807) is 12.1 Å². The van der Waals surface area contributed by atoms with Crippen LogP contribution in [0.15, 0.2) is 72.8 Å². The molecule has 7 nitrogen and oxygen atoms in total. The van der Waals surface area contributed by atoms with Gasteiger partial charge < -0.3 is 19.7 Å². The van der Waals surface area contributed by atoms with Gasteiger partial charge in [0.2, 0.25) is 0 Å². The van der Waals surface area contributed by atoms with Crippen LogP contribution in [-0.4, -0.2) is 61.6 Å². The minimum absolute atomic E-state index is 0.0742. The van der Waals surface area contributed by atoms with Gasteiger partial charge in [0.05, 0.1) is 25.4 Å². The first-order chi connectivity index (χ1) is 17.9. The lowest BCUT2D eigenvalue weighted by atomic mass is 10.1. The van der Waals surface area contributed by atoms with Gasteiger partial charge >= 0.3 is 12.0 Å². The third kappa shape index (κ3) is 7.32. The van der Waals surface area contributed by atoms with E-state index < -0.39 is 0 Å². The second-order valence-corrected chi connectivity index (χ2v) is 9.51. The quantitative estimate of drug-likeness (QED) is 0.394. The first-order valence-corrected chi connectivity index (χ1v) is 12.7. The molecule has 1 atom stereocenters. The Morgan fingerprint density at radius 2 is 1.62 bits per heavy atom. The Morgan fingerprint density at radius 1 is 0.946 bits per heavy atom. The summed E-state index contributed by atoms with van der Waals surface area (Å²) in [5, 5.41) is 3.70. The maximum Gasteiger partial charge on any atom is 0.337 e. The van der Waals surface area contributed by atoms with Crippen LogP contribution in [0, 0.1) is 6.92 Å². The Hall–Kier alpha value is -3.39. The summed E-state index contributed by atoms with van der Waals surface area (Å²) in [7, 11) is 1.37. The minimum atomic E-state index is -0.363. The zero-order chi connectivity index (χ0) is 26.2. The maximum absolute atomic E-state index is 12.8. The summed E-state index contributed by atoms with van der Waals surface area (Å²) < 4.78 is 11.1. The molecule has 0 aromatic heterocycles. The summed E-state index contributed by atoms with van der Waals surface area (Å²) in [6.45, 7) is 5.85. The van der Waals surface area contributed by atoms with Crippen molar-refractivity contribution >= 4 is 29.3 Å². The summed E-state index contributed by atoms with van der Waals surface area (Å²) in [5.41, 5.74) is 4.38. The van der Waals surface area contributed by atoms with Gasteiger partial charge in [0.15, 0.2) is 0 Å². The van der Waals surface area contributed by atoms with Gasteiger partial charge in [-0.2, -0.15) is 0 Å². The number of halogens is 1. The summed E-state index contributed by atoms with van der Waals surface area (Å²) in [6.07, 6.45) is -0.176. The number of carbonyl (C=O) groups is 2. The van der Waals surface area contributed by atoms with Crippen LogP contribution >= 0.6 is 11.6 Å². The number of benzene rings is 3. The number of anilines is 1. The average molecular weight is 522 g/mol. The largest absolute Gasteiger partial charge is 0.465 e. The van der Waals surface area contributed by atoms with Crippen molar-refractivity contribution in [3.05, 3.63) is 100 Å². The van der Waals surface area contributed by atoms with Gasteiger partial charge in [0.1, 0.15) is 0 Å². The highest BCUT2D eigenvalue weighted by Crippen LogP contribution is 2.24. The molecule has 37 heavy (non-hydrogen) atoms. The molecule has 8 heteroatoms. The molecule has 1 fully saturated rings. The lowest BCUT2D eigenvalue weighted by Gasteiger charge is -2.36. The van der Waals surface area contributed by atoms with Gasteiger partial charge in [-0.1, -0.05) is 54.1 Å². The number of methoxy groups -OCH3 is 1. The first-order valence-electron chi connectivity index (χ1n) is 12.3. The fraction of sp³-hybridized carbons (Fsp3) is 0.310. The number of aryl methyl sites for hydroxylation is 1. The van der Waals surface area contributed by atoms with E-state index in [2.05, 4.69) is 10.2 Å². The van der Waals surface area contributed by atoms with E-state index in [1.807, 2.05) is 72.5 Å². The summed E-state index contributed by atoms with van der Waals surface area (Å²) in [4.78, 5) is 28.6. The Morgan fingerprint density at radius 3 is 2.27 bits per heavy atom. The van der Waals surface area contributed by atoms with Crippen molar-refractivity contribution in [2.75, 3.05) is 45.2 Å². The number of para-hydroxylation sites is 1. The van der Waals surface area contributed by atoms with Crippen molar-refractivity contribution < 1.29 is 19.1 Å². The highest BCUT2D eigenvalue weighted by molar-refractivity contribution is 6.30. The molecule has 1 aliphatic heterocycles. The van der Waals surface area contributed by atoms with Gasteiger partial charge in [0.25, 0.3) is 0 Å². The number of nitrogens with zero attached hydrogens (tertiary/aromatic N) is 2. The number of hydrogen-bond donors (Lipinski definition) is 1. The molecule has 1 heterocycles. The number of nitrogens with one attached hydrogen (secondary N) is 1. The standard InChI is InChI=1S/C29H32ClN3O4/c1-21-5-3-4-6-26(21)31-29(35)33-17-15-32(16-18-33)19-27(23-11-13-25(30)14-12-23)37-20-22-7-9-24(10-8-22)28(34)36-2/h3-14,27H,15-20H2,1-2H3,(H,31,35)/t27-/m0/s1. The van der Waals surface area contributed by atoms with Crippen LogP contribution in [0.4, 0.5) is 10.5 Å². The van der Waals surface area contributed by atoms with E-state index in [1.165, 1.54) is 7.11 Å². The molecule has 0 bridgehead atoms. The lowest BCUT2D eigenvalue weighted by Crippen LogP contribution is -2.50. The number of amides is 2. The van der Waals surface area contributed by atoms with Crippen LogP contribution in [0.3, 0.4) is 0 Å². The zero-order valence-corrected chi connectivity index (χ0v) is 21.9. The second-order valence-electron chi connectivity index (χ2n) is 9.07. The van der Waals surface area contributed by atoms with E-state index in [9.17, 15) is 9.59 Å². The van der Waals surface area contributed by atoms with Gasteiger partial charge in [-0.25, -0.2) is 9.59 Å². The van der Waals surface area contributed by atoms with Crippen LogP contribution in [0.1, 0.15) is 33.2 Å². The molecule has 0 unspecified atom stereocenters. The molecule has 194 valence electrons. The second kappa shape index (κ2) is 12.7. The Labute approximate surface area is 222 Å². The summed E-state index contributed by atoms with van der Waals surface area (Å²) in [6, 6.07) is 22.6. The molecule has 1 aliphatic rings. The Bertz CT molecular complexity index is 1190. The normalized spacial score (nSPS) is 14.7. The number of carbonyl (C=O) groups excluding carboxylic acids is 2. The highest BCUT2D eigenvalue weighted by atomic mass is 35.5. The van der Waals surface area contributed by atoms with Crippen LogP contribution in [0.25, 0.3) is 0 Å². The Balaban J connectivity index is 1.35. The van der Waals surface area contributed by atoms with E-state index >= 15 is 0 Å². The molecule has 1 N–H and O–H groups in total. The number of urea groups is 1. The third-order valence-corrected chi connectivity index (χ3v) is 6.79. The summed E-state index contributed by atoms with van der Waals surface area (Å²) in [5.74, 6) is -0.363. The fourth-order valence-corrected chi connectivity index (χ4v) is 4.38. The molecule has 0 saturated carbocycles. The average Bonchev–Trinajstić information content (AvgIpc) is 2.93. The number of rotatable bonds is 8. The van der Waals surface area contributed by atoms with Crippen molar-refractivity contribution in [2.45, 2.75) is 19.6 Å². The van der Waals surface area contributed by atoms with Crippen molar-refractivity contribution in [3.8, 4) is 0 Å². The predicted octanol–water partition coefficient (Wildman–Crippen LogP) is 5.54. The molecular formula is C29H32ClN3O4. The molecule has 0 spiro atoms. The van der Waals surface area contributed by atoms with Crippen molar-refractivity contribution in [3.63, 3.8) is 0 Å². The molecule has 3 aromatic carbocycles. The minimum Gasteiger partial charge on any atom is -0.465 e. The third-order valence-electron chi connectivity index (χ3n) is 6.54. The SMILES string of the molecule is COC(=O)c1ccc(CO[C@@H](CN2CCN(C(=O)Nc3ccccc3C)CC2)c2ccc(Cl)cc2)cc1. The number of hydrogen-bond acceptors (Lipinski definition) is 5. The molecule has 3 aromatic rings. The smallest absolute Gasteiger partial charge is 0.337 e. The predicted molar refractivity (Wildman–Crippen MR) is 145 cm³/mol. The van der Waals surface area contributed by atoms with Gasteiger partial charge in [0, 0.05) is 43.4 Å². The Kier molecular flexibility index (Phi) is 9.17. The van der Waals surface area contributed by atoms with E-state index in [-0.39, 0.29) is 18.1 Å². The molecule has 0 radical (unpaired) electrons. The summed E-state index contributed by atoms with van der Waals surface area (Å²) >= 11 is 6.11. The lowest BCUT2D eigenvalue weighted by molar-refractivity contribution is 0.00592. The van der Waals surface area contributed by atoms with Crippen molar-refractivity contribution in [2.24, 2.45) is 0 Å². The molecule has 4 rings (SSSR count). The monoisotopic (exact) mass is 521 g/mol. The van der Waals surface area contributed by atoms with Crippen LogP contribution in [0.2, 0.25) is 5.02 Å². The van der Waals surface area contributed by atoms with E-state index in [0.717, 1.165) is 35.5 Å². The highest BCUT2D eigenvalue weighted by Gasteiger charge is 2.24. The van der Waals surface area contributed by atoms with Crippen molar-refractivity contribution in [1.29, 1.82) is 0 Å². The number of ether oxygens (including phenoxy) is 2. The number of piperazine rings is 1. The van der Waals surface area contributed by atoms with Gasteiger partial charge in [-0.15, -0.1) is 0 Å². The topological polar surface area (TPSA) is 71.1 Å². The molecule has 2 amide bonds. The van der Waals surface area contributed by atoms with E-state index in [4.69, 9.17) is 21.1 Å². The van der Waals surface area contributed by atoms with E-state index in [0.29, 0.717) is 36.8 Å². The van der Waals surface area contributed by atoms with Crippen LogP contribution in [0.5, 0.6) is 0 Å². The maximum atomic E-state index is 12.8. The van der Waals surface area contributed by atoms with Crippen LogP contribution < -0.4 is 5.32 Å². The van der Waals surface area contributed by atoms with Crippen LogP contribution in [-0.2, 0) is 16.1 Å². The van der Waals surface area contributed by atoms with Crippen molar-refractivity contribution in [1.82, 2.24) is 9.80 Å². The number of esters is 1. The molecule has 1 saturated heterocycles. The fourth-order valence-electron chi connectivity index (χ4n) is 4.26. The zero-order valence-electron chi connectivity index (χ0n) is 21.2.